The average molecular weight is 421 g/mol. The van der Waals surface area contributed by atoms with Crippen LogP contribution in [0.25, 0.3) is 10.1 Å². The maximum atomic E-state index is 10.7. The van der Waals surface area contributed by atoms with E-state index in [1.54, 1.807) is 11.3 Å². The van der Waals surface area contributed by atoms with Crippen molar-refractivity contribution in [2.24, 2.45) is 11.8 Å². The maximum Gasteiger partial charge on any atom is 0.303 e. The summed E-state index contributed by atoms with van der Waals surface area (Å²) in [6, 6.07) is 10.1. The lowest BCUT2D eigenvalue weighted by Crippen LogP contribution is -2.26. The molecule has 29 heavy (non-hydrogen) atoms. The molecule has 0 saturated heterocycles. The van der Waals surface area contributed by atoms with E-state index in [0.717, 1.165) is 35.9 Å². The predicted molar refractivity (Wildman–Crippen MR) is 115 cm³/mol. The van der Waals surface area contributed by atoms with Gasteiger partial charge in [-0.3, -0.25) is 4.79 Å². The topological polar surface area (TPSA) is 98.0 Å². The number of aliphatic carboxylic acids is 1. The van der Waals surface area contributed by atoms with E-state index in [1.165, 1.54) is 4.70 Å². The van der Waals surface area contributed by atoms with Crippen molar-refractivity contribution in [3.63, 3.8) is 0 Å². The van der Waals surface area contributed by atoms with Crippen LogP contribution in [0, 0.1) is 11.8 Å². The second-order valence-corrected chi connectivity index (χ2v) is 9.46. The van der Waals surface area contributed by atoms with Crippen LogP contribution in [0.5, 0.6) is 0 Å². The van der Waals surface area contributed by atoms with Crippen LogP contribution in [0.15, 0.2) is 30.3 Å². The fourth-order valence-corrected chi connectivity index (χ4v) is 5.71. The van der Waals surface area contributed by atoms with Crippen LogP contribution in [0.4, 0.5) is 0 Å². The molecule has 5 nitrogen and oxygen atoms in total. The summed E-state index contributed by atoms with van der Waals surface area (Å²) >= 11 is 1.61. The van der Waals surface area contributed by atoms with Gasteiger partial charge >= 0.3 is 5.97 Å². The molecule has 0 radical (unpaired) electrons. The number of carbonyl (C=O) groups is 1. The van der Waals surface area contributed by atoms with Gasteiger partial charge < -0.3 is 20.4 Å². The van der Waals surface area contributed by atoms with Crippen molar-refractivity contribution in [1.29, 1.82) is 0 Å². The molecule has 4 N–H and O–H groups in total. The molecule has 6 heteroatoms. The molecule has 1 heterocycles. The van der Waals surface area contributed by atoms with Crippen molar-refractivity contribution < 1.29 is 25.2 Å². The van der Waals surface area contributed by atoms with Crippen LogP contribution in [0.1, 0.15) is 68.8 Å². The number of rotatable bonds is 11. The fourth-order valence-electron chi connectivity index (χ4n) is 4.62. The van der Waals surface area contributed by atoms with Crippen molar-refractivity contribution >= 4 is 27.4 Å². The highest BCUT2D eigenvalue weighted by Crippen LogP contribution is 2.41. The Hall–Kier alpha value is -1.47. The molecule has 0 aliphatic heterocycles. The molecule has 5 atom stereocenters. The molecule has 1 aromatic carbocycles. The van der Waals surface area contributed by atoms with Gasteiger partial charge in [-0.1, -0.05) is 37.5 Å². The van der Waals surface area contributed by atoms with Gasteiger partial charge in [-0.2, -0.15) is 0 Å². The Labute approximate surface area is 176 Å². The first-order valence-corrected chi connectivity index (χ1v) is 11.5. The summed E-state index contributed by atoms with van der Waals surface area (Å²) in [5.41, 5.74) is 0. The first-order valence-electron chi connectivity index (χ1n) is 10.7. The lowest BCUT2D eigenvalue weighted by Gasteiger charge is -2.23. The van der Waals surface area contributed by atoms with Gasteiger partial charge in [0.15, 0.2) is 0 Å². The van der Waals surface area contributed by atoms with Gasteiger partial charge in [0, 0.05) is 16.0 Å². The zero-order valence-corrected chi connectivity index (χ0v) is 17.6. The summed E-state index contributed by atoms with van der Waals surface area (Å²) in [7, 11) is 0. The molecule has 1 aromatic heterocycles. The smallest absolute Gasteiger partial charge is 0.303 e. The summed E-state index contributed by atoms with van der Waals surface area (Å²) in [6.45, 7) is 0. The van der Waals surface area contributed by atoms with Gasteiger partial charge in [-0.15, -0.1) is 11.3 Å². The van der Waals surface area contributed by atoms with Crippen molar-refractivity contribution in [2.75, 3.05) is 0 Å². The minimum atomic E-state index is -0.746. The van der Waals surface area contributed by atoms with Crippen LogP contribution in [0.2, 0.25) is 0 Å². The van der Waals surface area contributed by atoms with Crippen molar-refractivity contribution in [3.05, 3.63) is 35.2 Å². The molecule has 2 aromatic rings. The van der Waals surface area contributed by atoms with Crippen LogP contribution in [0.3, 0.4) is 0 Å². The number of hydrogen-bond donors (Lipinski definition) is 4. The Morgan fingerprint density at radius 2 is 1.86 bits per heavy atom. The van der Waals surface area contributed by atoms with Crippen LogP contribution in [-0.2, 0) is 4.79 Å². The number of aliphatic hydroxyl groups is 3. The number of carboxylic acid groups (broad SMARTS) is 1. The Balaban J connectivity index is 1.48. The minimum Gasteiger partial charge on any atom is -0.481 e. The highest BCUT2D eigenvalue weighted by Gasteiger charge is 2.40. The molecule has 1 aliphatic carbocycles. The van der Waals surface area contributed by atoms with Gasteiger partial charge in [0.25, 0.3) is 0 Å². The van der Waals surface area contributed by atoms with Crippen LogP contribution >= 0.6 is 11.3 Å². The molecule has 1 saturated carbocycles. The molecular formula is C23H32O5S. The van der Waals surface area contributed by atoms with Gasteiger partial charge in [0.05, 0.1) is 18.3 Å². The third kappa shape index (κ3) is 6.01. The zero-order valence-electron chi connectivity index (χ0n) is 16.7. The third-order valence-corrected chi connectivity index (χ3v) is 7.46. The second-order valence-electron chi connectivity index (χ2n) is 8.34. The average Bonchev–Trinajstić information content (AvgIpc) is 3.24. The van der Waals surface area contributed by atoms with E-state index in [9.17, 15) is 20.1 Å². The minimum absolute atomic E-state index is 0.00745. The number of carboxylic acids is 1. The quantitative estimate of drug-likeness (QED) is 0.401. The van der Waals surface area contributed by atoms with E-state index in [0.29, 0.717) is 25.7 Å². The lowest BCUT2D eigenvalue weighted by molar-refractivity contribution is -0.137. The number of hydrogen-bond acceptors (Lipinski definition) is 5. The Bertz CT molecular complexity index is 755. The van der Waals surface area contributed by atoms with E-state index in [4.69, 9.17) is 5.11 Å². The molecule has 0 amide bonds. The molecule has 1 unspecified atom stereocenters. The van der Waals surface area contributed by atoms with Crippen LogP contribution < -0.4 is 0 Å². The van der Waals surface area contributed by atoms with Crippen molar-refractivity contribution in [2.45, 2.75) is 76.1 Å². The SMILES string of the molecule is O=C(O)CCCCCC[C@@H]1CC(O)[C@H](O)[C@@H]1CC[C@@H](O)c1cc2ccccc2s1. The summed E-state index contributed by atoms with van der Waals surface area (Å²) in [6.07, 6.45) is 4.66. The van der Waals surface area contributed by atoms with E-state index >= 15 is 0 Å². The molecular weight excluding hydrogens is 388 g/mol. The maximum absolute atomic E-state index is 10.7. The largest absolute Gasteiger partial charge is 0.481 e. The zero-order chi connectivity index (χ0) is 20.8. The van der Waals surface area contributed by atoms with Gasteiger partial charge in [0.1, 0.15) is 0 Å². The number of aliphatic hydroxyl groups excluding tert-OH is 3. The van der Waals surface area contributed by atoms with Crippen LogP contribution in [-0.4, -0.2) is 38.6 Å². The van der Waals surface area contributed by atoms with E-state index in [1.807, 2.05) is 24.3 Å². The summed E-state index contributed by atoms with van der Waals surface area (Å²) < 4.78 is 1.17. The van der Waals surface area contributed by atoms with E-state index in [2.05, 4.69) is 6.07 Å². The predicted octanol–water partition coefficient (Wildman–Crippen LogP) is 4.50. The number of benzene rings is 1. The lowest BCUT2D eigenvalue weighted by atomic mass is 9.85. The number of fused-ring (bicyclic) bond motifs is 1. The first-order chi connectivity index (χ1) is 14.0. The van der Waals surface area contributed by atoms with Crippen molar-refractivity contribution in [3.8, 4) is 0 Å². The highest BCUT2D eigenvalue weighted by atomic mass is 32.1. The summed E-state index contributed by atoms with van der Waals surface area (Å²) in [5, 5.41) is 41.1. The summed E-state index contributed by atoms with van der Waals surface area (Å²) in [5.74, 6) is -0.480. The Morgan fingerprint density at radius 1 is 1.10 bits per heavy atom. The number of thiophene rings is 1. The third-order valence-electron chi connectivity index (χ3n) is 6.24. The molecule has 1 aliphatic rings. The first kappa shape index (κ1) is 22.2. The normalized spacial score (nSPS) is 25.5. The highest BCUT2D eigenvalue weighted by molar-refractivity contribution is 7.19. The number of unbranched alkanes of at least 4 members (excludes halogenated alkanes) is 3. The van der Waals surface area contributed by atoms with Crippen molar-refractivity contribution in [1.82, 2.24) is 0 Å². The standard InChI is InChI=1S/C23H32O5S/c24-18(21-14-16-8-5-6-9-20(16)29-21)12-11-17-15(13-19(25)23(17)28)7-3-1-2-4-10-22(26)27/h5-6,8-9,14-15,17-19,23-25,28H,1-4,7,10-13H2,(H,26,27)/t15-,17-,18-,19?,23-/m1/s1. The molecule has 0 bridgehead atoms. The van der Waals surface area contributed by atoms with Gasteiger partial charge in [-0.05, 0) is 61.5 Å². The summed E-state index contributed by atoms with van der Waals surface area (Å²) in [4.78, 5) is 11.5. The molecule has 1 fully saturated rings. The van der Waals surface area contributed by atoms with E-state index < -0.39 is 24.3 Å². The molecule has 160 valence electrons. The fraction of sp³-hybridized carbons (Fsp3) is 0.609. The van der Waals surface area contributed by atoms with Gasteiger partial charge in [-0.25, -0.2) is 0 Å². The molecule has 0 spiro atoms. The Kier molecular flexibility index (Phi) is 8.07. The monoisotopic (exact) mass is 420 g/mol. The molecule has 3 rings (SSSR count). The second kappa shape index (κ2) is 10.5. The van der Waals surface area contributed by atoms with E-state index in [-0.39, 0.29) is 18.3 Å². The van der Waals surface area contributed by atoms with Gasteiger partial charge in [0.2, 0.25) is 0 Å². The Morgan fingerprint density at radius 3 is 2.62 bits per heavy atom.